The van der Waals surface area contributed by atoms with Crippen LogP contribution in [0.15, 0.2) is 54.6 Å². The number of amides is 1. The molecule has 0 spiro atoms. The van der Waals surface area contributed by atoms with E-state index in [2.05, 4.69) is 41.3 Å². The number of aryl methyl sites for hydroxylation is 2. The van der Waals surface area contributed by atoms with Crippen LogP contribution in [0.4, 0.5) is 0 Å². The molecular weight excluding hydrogens is 390 g/mol. The van der Waals surface area contributed by atoms with Gasteiger partial charge in [-0.1, -0.05) is 54.6 Å². The van der Waals surface area contributed by atoms with Crippen molar-refractivity contribution in [3.05, 3.63) is 75.7 Å². The molecule has 5 heteroatoms. The molecule has 2 aromatic carbocycles. The molecule has 1 aliphatic carbocycles. The van der Waals surface area contributed by atoms with Crippen LogP contribution in [-0.2, 0) is 30.6 Å². The maximum atomic E-state index is 12.8. The molecule has 1 aliphatic heterocycles. The molecule has 3 aromatic rings. The van der Waals surface area contributed by atoms with E-state index in [0.717, 1.165) is 44.7 Å². The molecule has 2 aliphatic rings. The van der Waals surface area contributed by atoms with Crippen molar-refractivity contribution in [2.24, 2.45) is 0 Å². The van der Waals surface area contributed by atoms with E-state index in [9.17, 15) is 4.79 Å². The molecule has 0 unspecified atom stereocenters. The predicted octanol–water partition coefficient (Wildman–Crippen LogP) is 4.19. The lowest BCUT2D eigenvalue weighted by atomic mass is 10.0. The summed E-state index contributed by atoms with van der Waals surface area (Å²) < 4.78 is 0. The zero-order valence-electron chi connectivity index (χ0n) is 17.2. The second-order valence-corrected chi connectivity index (χ2v) is 9.40. The number of hydrogen-bond acceptors (Lipinski definition) is 4. The zero-order chi connectivity index (χ0) is 20.3. The molecule has 1 fully saturated rings. The van der Waals surface area contributed by atoms with Gasteiger partial charge in [0.25, 0.3) is 0 Å². The average molecular weight is 418 g/mol. The molecular formula is C25H27N3OS. The Bertz CT molecular complexity index is 983. The van der Waals surface area contributed by atoms with Gasteiger partial charge in [0.15, 0.2) is 0 Å². The van der Waals surface area contributed by atoms with E-state index in [4.69, 9.17) is 4.98 Å². The normalized spacial score (nSPS) is 16.6. The monoisotopic (exact) mass is 417 g/mol. The van der Waals surface area contributed by atoms with E-state index in [1.807, 2.05) is 34.4 Å². The van der Waals surface area contributed by atoms with Crippen molar-refractivity contribution in [3.63, 3.8) is 0 Å². The van der Waals surface area contributed by atoms with E-state index < -0.39 is 0 Å². The van der Waals surface area contributed by atoms with Crippen LogP contribution in [0.2, 0.25) is 0 Å². The highest BCUT2D eigenvalue weighted by Gasteiger charge is 2.23. The summed E-state index contributed by atoms with van der Waals surface area (Å²) >= 11 is 1.89. The Labute approximate surface area is 182 Å². The largest absolute Gasteiger partial charge is 0.340 e. The minimum Gasteiger partial charge on any atom is -0.340 e. The number of rotatable bonds is 5. The van der Waals surface area contributed by atoms with Crippen molar-refractivity contribution in [1.82, 2.24) is 14.8 Å². The SMILES string of the molecule is O=C(Cc1ccc(-c2ccccc2)cc1)N1CCN(Cc2nc3c(s2)CCC3)CC1. The minimum absolute atomic E-state index is 0.232. The highest BCUT2D eigenvalue weighted by Crippen LogP contribution is 2.28. The zero-order valence-corrected chi connectivity index (χ0v) is 18.0. The second-order valence-electron chi connectivity index (χ2n) is 8.23. The number of benzene rings is 2. The van der Waals surface area contributed by atoms with Gasteiger partial charge in [0.05, 0.1) is 18.7 Å². The van der Waals surface area contributed by atoms with Gasteiger partial charge in [-0.3, -0.25) is 9.69 Å². The Balaban J connectivity index is 1.12. The topological polar surface area (TPSA) is 36.4 Å². The number of carbonyl (C=O) groups is 1. The fourth-order valence-electron chi connectivity index (χ4n) is 4.39. The van der Waals surface area contributed by atoms with E-state index in [1.54, 1.807) is 0 Å². The summed E-state index contributed by atoms with van der Waals surface area (Å²) in [4.78, 5) is 23.6. The minimum atomic E-state index is 0.232. The number of carbonyl (C=O) groups excluding carboxylic acids is 1. The highest BCUT2D eigenvalue weighted by molar-refractivity contribution is 7.11. The Morgan fingerprint density at radius 3 is 2.37 bits per heavy atom. The molecule has 0 N–H and O–H groups in total. The number of thiazole rings is 1. The third kappa shape index (κ3) is 4.32. The Kier molecular flexibility index (Phi) is 5.65. The van der Waals surface area contributed by atoms with Crippen LogP contribution in [-0.4, -0.2) is 46.9 Å². The van der Waals surface area contributed by atoms with Crippen LogP contribution >= 0.6 is 11.3 Å². The number of hydrogen-bond donors (Lipinski definition) is 0. The van der Waals surface area contributed by atoms with Gasteiger partial charge in [-0.25, -0.2) is 4.98 Å². The fourth-order valence-corrected chi connectivity index (χ4v) is 5.59. The third-order valence-corrected chi connectivity index (χ3v) is 7.28. The summed E-state index contributed by atoms with van der Waals surface area (Å²) in [5.74, 6) is 0.232. The fraction of sp³-hybridized carbons (Fsp3) is 0.360. The van der Waals surface area contributed by atoms with Crippen LogP contribution in [0, 0.1) is 0 Å². The molecule has 1 aromatic heterocycles. The van der Waals surface area contributed by atoms with Gasteiger partial charge in [0.1, 0.15) is 5.01 Å². The van der Waals surface area contributed by atoms with Crippen molar-refractivity contribution in [1.29, 1.82) is 0 Å². The van der Waals surface area contributed by atoms with Crippen LogP contribution in [0.1, 0.15) is 27.6 Å². The predicted molar refractivity (Wildman–Crippen MR) is 122 cm³/mol. The van der Waals surface area contributed by atoms with E-state index in [0.29, 0.717) is 6.42 Å². The lowest BCUT2D eigenvalue weighted by Crippen LogP contribution is -2.48. The number of nitrogens with zero attached hydrogens (tertiary/aromatic N) is 3. The van der Waals surface area contributed by atoms with Crippen molar-refractivity contribution in [2.75, 3.05) is 26.2 Å². The van der Waals surface area contributed by atoms with Gasteiger partial charge < -0.3 is 4.90 Å². The average Bonchev–Trinajstić information content (AvgIpc) is 3.37. The first-order valence-corrected chi connectivity index (χ1v) is 11.7. The molecule has 5 rings (SSSR count). The molecule has 30 heavy (non-hydrogen) atoms. The molecule has 0 saturated carbocycles. The van der Waals surface area contributed by atoms with Crippen LogP contribution < -0.4 is 0 Å². The third-order valence-electron chi connectivity index (χ3n) is 6.14. The van der Waals surface area contributed by atoms with Gasteiger partial charge in [-0.15, -0.1) is 11.3 Å². The van der Waals surface area contributed by atoms with Crippen molar-refractivity contribution < 1.29 is 4.79 Å². The summed E-state index contributed by atoms with van der Waals surface area (Å²) in [6, 6.07) is 18.7. The molecule has 1 saturated heterocycles. The van der Waals surface area contributed by atoms with Gasteiger partial charge in [-0.2, -0.15) is 0 Å². The lowest BCUT2D eigenvalue weighted by Gasteiger charge is -2.34. The summed E-state index contributed by atoms with van der Waals surface area (Å²) in [5, 5.41) is 1.25. The summed E-state index contributed by atoms with van der Waals surface area (Å²) in [5.41, 5.74) is 4.81. The molecule has 0 atom stereocenters. The van der Waals surface area contributed by atoms with Crippen molar-refractivity contribution in [3.8, 4) is 11.1 Å². The second kappa shape index (κ2) is 8.70. The first kappa shape index (κ1) is 19.5. The highest BCUT2D eigenvalue weighted by atomic mass is 32.1. The van der Waals surface area contributed by atoms with Crippen molar-refractivity contribution in [2.45, 2.75) is 32.2 Å². The molecule has 0 radical (unpaired) electrons. The first-order chi connectivity index (χ1) is 14.7. The smallest absolute Gasteiger partial charge is 0.227 e. The molecule has 0 bridgehead atoms. The summed E-state index contributed by atoms with van der Waals surface area (Å²) in [7, 11) is 0. The van der Waals surface area contributed by atoms with Crippen LogP contribution in [0.25, 0.3) is 11.1 Å². The van der Waals surface area contributed by atoms with Gasteiger partial charge in [0.2, 0.25) is 5.91 Å². The van der Waals surface area contributed by atoms with E-state index in [-0.39, 0.29) is 5.91 Å². The molecule has 4 nitrogen and oxygen atoms in total. The first-order valence-electron chi connectivity index (χ1n) is 10.9. The summed E-state index contributed by atoms with van der Waals surface area (Å²) in [6.45, 7) is 4.42. The molecule has 154 valence electrons. The van der Waals surface area contributed by atoms with Crippen molar-refractivity contribution >= 4 is 17.2 Å². The van der Waals surface area contributed by atoms with Crippen LogP contribution in [0.3, 0.4) is 0 Å². The van der Waals surface area contributed by atoms with E-state index >= 15 is 0 Å². The molecule has 2 heterocycles. The number of fused-ring (bicyclic) bond motifs is 1. The van der Waals surface area contributed by atoms with Gasteiger partial charge in [-0.05, 0) is 36.0 Å². The van der Waals surface area contributed by atoms with Gasteiger partial charge in [0, 0.05) is 31.1 Å². The van der Waals surface area contributed by atoms with Gasteiger partial charge >= 0.3 is 0 Å². The number of aromatic nitrogens is 1. The van der Waals surface area contributed by atoms with E-state index in [1.165, 1.54) is 39.5 Å². The quantitative estimate of drug-likeness (QED) is 0.625. The Morgan fingerprint density at radius 2 is 1.63 bits per heavy atom. The van der Waals surface area contributed by atoms with Crippen LogP contribution in [0.5, 0.6) is 0 Å². The Morgan fingerprint density at radius 1 is 0.900 bits per heavy atom. The maximum absolute atomic E-state index is 12.8. The molecule has 1 amide bonds. The summed E-state index contributed by atoms with van der Waals surface area (Å²) in [6.07, 6.45) is 4.11. The lowest BCUT2D eigenvalue weighted by molar-refractivity contribution is -0.132. The maximum Gasteiger partial charge on any atom is 0.227 e. The standard InChI is InChI=1S/C25H27N3OS/c29-25(17-19-9-11-21(12-10-19)20-5-2-1-3-6-20)28-15-13-27(14-16-28)18-24-26-22-7-4-8-23(22)30-24/h1-3,5-6,9-12H,4,7-8,13-18H2. The Hall–Kier alpha value is -2.50. The number of piperazine rings is 1.